The van der Waals surface area contributed by atoms with Crippen LogP contribution in [0.3, 0.4) is 0 Å². The van der Waals surface area contributed by atoms with Crippen molar-refractivity contribution >= 4 is 15.9 Å². The van der Waals surface area contributed by atoms with Crippen LogP contribution in [0, 0.1) is 5.82 Å². The Bertz CT molecular complexity index is 629. The molecule has 0 heterocycles. The van der Waals surface area contributed by atoms with Gasteiger partial charge >= 0.3 is 0 Å². The first-order chi connectivity index (χ1) is 10.4. The SMILES string of the molecule is CS(=O)(=O)N(CCC(=O)NC1CC1)CCc1ccccc1F. The zero-order chi connectivity index (χ0) is 16.2. The minimum absolute atomic E-state index is 0.117. The number of benzene rings is 1. The summed E-state index contributed by atoms with van der Waals surface area (Å²) in [6.45, 7) is 0.280. The van der Waals surface area contributed by atoms with E-state index in [1.165, 1.54) is 10.4 Å². The second kappa shape index (κ2) is 7.19. The maximum atomic E-state index is 13.6. The van der Waals surface area contributed by atoms with Gasteiger partial charge in [0.25, 0.3) is 0 Å². The molecule has 1 saturated carbocycles. The molecule has 0 radical (unpaired) electrons. The lowest BCUT2D eigenvalue weighted by Gasteiger charge is -2.19. The first-order valence-electron chi connectivity index (χ1n) is 7.34. The first kappa shape index (κ1) is 16.9. The van der Waals surface area contributed by atoms with Gasteiger partial charge in [0.15, 0.2) is 0 Å². The standard InChI is InChI=1S/C15H21FN2O3S/c1-22(20,21)18(11-9-15(19)17-13-6-7-13)10-8-12-4-2-3-5-14(12)16/h2-5,13H,6-11H2,1H3,(H,17,19). The second-order valence-corrected chi connectivity index (χ2v) is 7.58. The van der Waals surface area contributed by atoms with Crippen molar-refractivity contribution in [3.63, 3.8) is 0 Å². The molecule has 1 fully saturated rings. The van der Waals surface area contributed by atoms with E-state index in [4.69, 9.17) is 0 Å². The molecule has 1 aromatic rings. The van der Waals surface area contributed by atoms with Crippen LogP contribution in [0.1, 0.15) is 24.8 Å². The van der Waals surface area contributed by atoms with E-state index in [1.807, 2.05) is 0 Å². The molecular weight excluding hydrogens is 307 g/mol. The van der Waals surface area contributed by atoms with Gasteiger partial charge in [0.1, 0.15) is 5.82 Å². The molecule has 1 aliphatic carbocycles. The molecule has 0 bridgehead atoms. The largest absolute Gasteiger partial charge is 0.353 e. The Hall–Kier alpha value is -1.47. The van der Waals surface area contributed by atoms with Crippen molar-refractivity contribution in [1.29, 1.82) is 0 Å². The highest BCUT2D eigenvalue weighted by Gasteiger charge is 2.24. The molecule has 7 heteroatoms. The van der Waals surface area contributed by atoms with Gasteiger partial charge in [-0.3, -0.25) is 4.79 Å². The maximum absolute atomic E-state index is 13.6. The van der Waals surface area contributed by atoms with E-state index in [2.05, 4.69) is 5.32 Å². The molecule has 0 aliphatic heterocycles. The molecule has 0 aromatic heterocycles. The topological polar surface area (TPSA) is 66.5 Å². The number of hydrogen-bond acceptors (Lipinski definition) is 3. The van der Waals surface area contributed by atoms with Crippen LogP contribution in [-0.2, 0) is 21.2 Å². The molecule has 1 N–H and O–H groups in total. The van der Waals surface area contributed by atoms with E-state index in [0.717, 1.165) is 19.1 Å². The third-order valence-electron chi connectivity index (χ3n) is 3.59. The number of halogens is 1. The van der Waals surface area contributed by atoms with Crippen molar-refractivity contribution in [2.45, 2.75) is 31.7 Å². The predicted octanol–water partition coefficient (Wildman–Crippen LogP) is 1.30. The number of amides is 1. The third-order valence-corrected chi connectivity index (χ3v) is 4.89. The first-order valence-corrected chi connectivity index (χ1v) is 9.19. The molecule has 2 rings (SSSR count). The summed E-state index contributed by atoms with van der Waals surface area (Å²) in [7, 11) is -3.43. The van der Waals surface area contributed by atoms with Gasteiger partial charge in [-0.05, 0) is 30.9 Å². The molecule has 5 nitrogen and oxygen atoms in total. The fourth-order valence-electron chi connectivity index (χ4n) is 2.14. The number of hydrogen-bond donors (Lipinski definition) is 1. The molecule has 0 spiro atoms. The van der Waals surface area contributed by atoms with Crippen LogP contribution < -0.4 is 5.32 Å². The molecule has 0 atom stereocenters. The average Bonchev–Trinajstić information content (AvgIpc) is 3.23. The minimum atomic E-state index is -3.43. The van der Waals surface area contributed by atoms with E-state index in [9.17, 15) is 17.6 Å². The Morgan fingerprint density at radius 3 is 2.59 bits per heavy atom. The lowest BCUT2D eigenvalue weighted by molar-refractivity contribution is -0.121. The number of rotatable bonds is 8. The summed E-state index contributed by atoms with van der Waals surface area (Å²) in [4.78, 5) is 11.7. The molecule has 1 amide bonds. The summed E-state index contributed by atoms with van der Waals surface area (Å²) in [6, 6.07) is 6.55. The lowest BCUT2D eigenvalue weighted by atomic mass is 10.1. The molecule has 22 heavy (non-hydrogen) atoms. The van der Waals surface area contributed by atoms with Crippen LogP contribution in [0.15, 0.2) is 24.3 Å². The van der Waals surface area contributed by atoms with Gasteiger partial charge in [0, 0.05) is 25.6 Å². The van der Waals surface area contributed by atoms with Gasteiger partial charge in [-0.1, -0.05) is 18.2 Å². The van der Waals surface area contributed by atoms with E-state index >= 15 is 0 Å². The summed E-state index contributed by atoms with van der Waals surface area (Å²) in [6.07, 6.45) is 3.50. The van der Waals surface area contributed by atoms with Gasteiger partial charge in [-0.15, -0.1) is 0 Å². The van der Waals surface area contributed by atoms with Gasteiger partial charge in [0.05, 0.1) is 6.26 Å². The van der Waals surface area contributed by atoms with Crippen LogP contribution in [0.25, 0.3) is 0 Å². The van der Waals surface area contributed by atoms with Crippen LogP contribution in [0.2, 0.25) is 0 Å². The maximum Gasteiger partial charge on any atom is 0.221 e. The predicted molar refractivity (Wildman–Crippen MR) is 82.3 cm³/mol. The number of nitrogens with one attached hydrogen (secondary N) is 1. The number of sulfonamides is 1. The van der Waals surface area contributed by atoms with Gasteiger partial charge in [-0.25, -0.2) is 17.1 Å². The van der Waals surface area contributed by atoms with Crippen LogP contribution in [-0.4, -0.2) is 44.0 Å². The highest BCUT2D eigenvalue weighted by molar-refractivity contribution is 7.88. The van der Waals surface area contributed by atoms with Crippen LogP contribution in [0.5, 0.6) is 0 Å². The molecule has 0 saturated heterocycles. The fourth-order valence-corrected chi connectivity index (χ4v) is 2.99. The zero-order valence-corrected chi connectivity index (χ0v) is 13.4. The van der Waals surface area contributed by atoms with Crippen molar-refractivity contribution in [2.24, 2.45) is 0 Å². The van der Waals surface area contributed by atoms with Crippen molar-refractivity contribution in [1.82, 2.24) is 9.62 Å². The average molecular weight is 328 g/mol. The van der Waals surface area contributed by atoms with Crippen LogP contribution in [0.4, 0.5) is 4.39 Å². The van der Waals surface area contributed by atoms with Gasteiger partial charge < -0.3 is 5.32 Å². The zero-order valence-electron chi connectivity index (χ0n) is 12.6. The normalized spacial score (nSPS) is 15.0. The Kier molecular flexibility index (Phi) is 5.52. The Labute approximate surface area is 130 Å². The summed E-state index contributed by atoms with van der Waals surface area (Å²) >= 11 is 0. The lowest BCUT2D eigenvalue weighted by Crippen LogP contribution is -2.36. The Morgan fingerprint density at radius 2 is 2.00 bits per heavy atom. The highest BCUT2D eigenvalue weighted by atomic mass is 32.2. The molecule has 122 valence electrons. The Balaban J connectivity index is 1.89. The van der Waals surface area contributed by atoms with Gasteiger partial charge in [0.2, 0.25) is 15.9 Å². The summed E-state index contributed by atoms with van der Waals surface area (Å²) < 4.78 is 38.4. The molecular formula is C15H21FN2O3S. The van der Waals surface area contributed by atoms with Crippen molar-refractivity contribution in [3.8, 4) is 0 Å². The third kappa shape index (κ3) is 5.38. The minimum Gasteiger partial charge on any atom is -0.353 e. The summed E-state index contributed by atoms with van der Waals surface area (Å²) in [5, 5.41) is 2.82. The fraction of sp³-hybridized carbons (Fsp3) is 0.533. The van der Waals surface area contributed by atoms with Gasteiger partial charge in [-0.2, -0.15) is 0 Å². The Morgan fingerprint density at radius 1 is 1.32 bits per heavy atom. The highest BCUT2D eigenvalue weighted by Crippen LogP contribution is 2.18. The van der Waals surface area contributed by atoms with Crippen molar-refractivity contribution in [3.05, 3.63) is 35.6 Å². The number of carbonyl (C=O) groups excluding carboxylic acids is 1. The quantitative estimate of drug-likeness (QED) is 0.782. The molecule has 1 aliphatic rings. The second-order valence-electron chi connectivity index (χ2n) is 5.60. The van der Waals surface area contributed by atoms with Crippen molar-refractivity contribution in [2.75, 3.05) is 19.3 Å². The van der Waals surface area contributed by atoms with E-state index in [0.29, 0.717) is 5.56 Å². The molecule has 0 unspecified atom stereocenters. The smallest absolute Gasteiger partial charge is 0.221 e. The van der Waals surface area contributed by atoms with E-state index in [1.54, 1.807) is 18.2 Å². The van der Waals surface area contributed by atoms with E-state index in [-0.39, 0.29) is 43.7 Å². The summed E-state index contributed by atoms with van der Waals surface area (Å²) in [5.41, 5.74) is 0.471. The molecule has 1 aromatic carbocycles. The number of carbonyl (C=O) groups is 1. The number of nitrogens with zero attached hydrogens (tertiary/aromatic N) is 1. The van der Waals surface area contributed by atoms with E-state index < -0.39 is 10.0 Å². The monoisotopic (exact) mass is 328 g/mol. The van der Waals surface area contributed by atoms with Crippen LogP contribution >= 0.6 is 0 Å². The summed E-state index contributed by atoms with van der Waals surface area (Å²) in [5.74, 6) is -0.482. The van der Waals surface area contributed by atoms with Crippen molar-refractivity contribution < 1.29 is 17.6 Å².